The minimum Gasteiger partial charge on any atom is -0.478 e. The zero-order chi connectivity index (χ0) is 33.2. The lowest BCUT2D eigenvalue weighted by Crippen LogP contribution is -2.18. The van der Waals surface area contributed by atoms with Crippen LogP contribution in [-0.2, 0) is 10.8 Å². The van der Waals surface area contributed by atoms with Crippen LogP contribution in [0.25, 0.3) is 0 Å². The molecule has 0 radical (unpaired) electrons. The van der Waals surface area contributed by atoms with Gasteiger partial charge in [-0.1, -0.05) is 79.7 Å². The minimum absolute atomic E-state index is 0.0362. The van der Waals surface area contributed by atoms with Gasteiger partial charge in [-0.05, 0) is 109 Å². The smallest absolute Gasteiger partial charge is 0.335 e. The second-order valence-corrected chi connectivity index (χ2v) is 12.2. The van der Waals surface area contributed by atoms with Gasteiger partial charge in [0.25, 0.3) is 0 Å². The molecule has 0 heterocycles. The summed E-state index contributed by atoms with van der Waals surface area (Å²) in [7, 11) is 0. The van der Waals surface area contributed by atoms with E-state index < -0.39 is 17.9 Å². The minimum atomic E-state index is -0.860. The molecule has 0 spiro atoms. The van der Waals surface area contributed by atoms with Crippen LogP contribution in [0.4, 0.5) is 0 Å². The molecular weight excluding hydrogens is 528 g/mol. The van der Waals surface area contributed by atoms with Gasteiger partial charge in [0.2, 0.25) is 0 Å². The molecule has 0 aromatic heterocycles. The Morgan fingerprint density at radius 1 is 0.524 bits per heavy atom. The molecule has 0 aliphatic rings. The molecule has 230 valence electrons. The third-order valence-corrected chi connectivity index (χ3v) is 6.82. The number of hydrogen-bond donors (Lipinski definition) is 3. The summed E-state index contributed by atoms with van der Waals surface area (Å²) >= 11 is 0. The van der Waals surface area contributed by atoms with E-state index in [-0.39, 0.29) is 10.8 Å². The highest BCUT2D eigenvalue weighted by Gasteiger charge is 2.22. The molecule has 0 aliphatic heterocycles. The van der Waals surface area contributed by atoms with Crippen LogP contribution < -0.4 is 0 Å². The van der Waals surface area contributed by atoms with E-state index >= 15 is 0 Å². The maximum atomic E-state index is 11.2. The topological polar surface area (TPSA) is 112 Å². The second kappa shape index (κ2) is 15.9. The Labute approximate surface area is 252 Å². The van der Waals surface area contributed by atoms with Gasteiger partial charge in [0.05, 0.1) is 16.7 Å². The first-order valence-corrected chi connectivity index (χ1v) is 14.2. The van der Waals surface area contributed by atoms with E-state index in [2.05, 4.69) is 47.6 Å². The Balaban J connectivity index is 0.000000599. The molecule has 6 heteroatoms. The summed E-state index contributed by atoms with van der Waals surface area (Å²) in [5.41, 5.74) is 8.10. The molecule has 0 saturated carbocycles. The van der Waals surface area contributed by atoms with Gasteiger partial charge in [-0.25, -0.2) is 14.4 Å². The van der Waals surface area contributed by atoms with Crippen LogP contribution in [0, 0.1) is 34.6 Å². The first-order chi connectivity index (χ1) is 19.2. The van der Waals surface area contributed by atoms with Crippen molar-refractivity contribution in [1.29, 1.82) is 0 Å². The average Bonchev–Trinajstić information content (AvgIpc) is 2.88. The van der Waals surface area contributed by atoms with Crippen molar-refractivity contribution in [3.05, 3.63) is 104 Å². The highest BCUT2D eigenvalue weighted by molar-refractivity contribution is 5.90. The largest absolute Gasteiger partial charge is 0.478 e. The molecule has 3 aromatic carbocycles. The molecule has 0 amide bonds. The highest BCUT2D eigenvalue weighted by Crippen LogP contribution is 2.30. The number of carbonyl (C=O) groups is 3. The monoisotopic (exact) mass is 578 g/mol. The van der Waals surface area contributed by atoms with Gasteiger partial charge in [0.15, 0.2) is 0 Å². The first kappa shape index (κ1) is 38.1. The van der Waals surface area contributed by atoms with Crippen molar-refractivity contribution in [2.75, 3.05) is 0 Å². The summed E-state index contributed by atoms with van der Waals surface area (Å²) in [6.07, 6.45) is 0. The van der Waals surface area contributed by atoms with Crippen molar-refractivity contribution in [2.24, 2.45) is 0 Å². The van der Waals surface area contributed by atoms with Gasteiger partial charge in [-0.3, -0.25) is 0 Å². The third-order valence-electron chi connectivity index (χ3n) is 6.82. The van der Waals surface area contributed by atoms with Crippen molar-refractivity contribution in [2.45, 2.75) is 101 Å². The zero-order valence-corrected chi connectivity index (χ0v) is 27.7. The van der Waals surface area contributed by atoms with Crippen LogP contribution in [-0.4, -0.2) is 33.2 Å². The predicted molar refractivity (Wildman–Crippen MR) is 173 cm³/mol. The molecule has 3 rings (SSSR count). The van der Waals surface area contributed by atoms with E-state index in [4.69, 9.17) is 15.3 Å². The number of carboxylic acid groups (broad SMARTS) is 3. The fourth-order valence-electron chi connectivity index (χ4n) is 3.79. The van der Waals surface area contributed by atoms with Gasteiger partial charge in [-0.15, -0.1) is 0 Å². The lowest BCUT2D eigenvalue weighted by atomic mass is 9.79. The molecule has 0 unspecified atom stereocenters. The average molecular weight is 579 g/mol. The molecule has 6 nitrogen and oxygen atoms in total. The zero-order valence-electron chi connectivity index (χ0n) is 27.7. The first-order valence-electron chi connectivity index (χ1n) is 14.2. The van der Waals surface area contributed by atoms with Crippen LogP contribution in [0.15, 0.2) is 48.5 Å². The standard InChI is InChI=1S/C15H22O2.C10H12O2.C9H10O2.C2H6/c1-14(2,3)11-7-10(13(16)17)8-12(9-11)15(4,5)6;1-6-4-8(3)9(10(11)12)5-7(6)2;1-6-4-3-5-8(7(6)2)9(10)11;1-2/h7-9H,1-6H3,(H,16,17);4-5H,1-3H3,(H,11,12);3-5H,1-2H3,(H,10,11);1-2H3. The number of carboxylic acids is 3. The third kappa shape index (κ3) is 11.5. The van der Waals surface area contributed by atoms with Crippen molar-refractivity contribution < 1.29 is 29.7 Å². The summed E-state index contributed by atoms with van der Waals surface area (Å²) in [6.45, 7) is 26.0. The molecule has 0 saturated heterocycles. The van der Waals surface area contributed by atoms with Crippen molar-refractivity contribution >= 4 is 17.9 Å². The Bertz CT molecular complexity index is 1350. The van der Waals surface area contributed by atoms with E-state index in [1.54, 1.807) is 30.3 Å². The summed E-state index contributed by atoms with van der Waals surface area (Å²) in [5.74, 6) is -2.57. The van der Waals surface area contributed by atoms with Crippen LogP contribution in [0.5, 0.6) is 0 Å². The van der Waals surface area contributed by atoms with E-state index in [9.17, 15) is 14.4 Å². The van der Waals surface area contributed by atoms with Crippen molar-refractivity contribution in [3.8, 4) is 0 Å². The number of aryl methyl sites for hydroxylation is 4. The van der Waals surface area contributed by atoms with E-state index in [1.165, 1.54) is 0 Å². The Kier molecular flexibility index (Phi) is 14.4. The maximum Gasteiger partial charge on any atom is 0.335 e. The molecule has 3 aromatic rings. The van der Waals surface area contributed by atoms with Gasteiger partial charge in [0.1, 0.15) is 0 Å². The molecule has 0 atom stereocenters. The molecule has 0 bridgehead atoms. The van der Waals surface area contributed by atoms with Crippen molar-refractivity contribution in [1.82, 2.24) is 0 Å². The Morgan fingerprint density at radius 2 is 0.952 bits per heavy atom. The Morgan fingerprint density at radius 3 is 1.31 bits per heavy atom. The molecular formula is C36H50O6. The van der Waals surface area contributed by atoms with Crippen LogP contribution in [0.1, 0.15) is 125 Å². The highest BCUT2D eigenvalue weighted by atomic mass is 16.4. The molecule has 0 aliphatic carbocycles. The lowest BCUT2D eigenvalue weighted by Gasteiger charge is -2.25. The number of aromatic carboxylic acids is 3. The van der Waals surface area contributed by atoms with Gasteiger partial charge in [0, 0.05) is 0 Å². The van der Waals surface area contributed by atoms with E-state index in [0.717, 1.165) is 38.9 Å². The normalized spacial score (nSPS) is 10.6. The quantitative estimate of drug-likeness (QED) is 0.285. The summed E-state index contributed by atoms with van der Waals surface area (Å²) in [4.78, 5) is 32.4. The summed E-state index contributed by atoms with van der Waals surface area (Å²) in [6, 6.07) is 14.6. The second-order valence-electron chi connectivity index (χ2n) is 12.2. The Hall–Kier alpha value is -3.93. The molecule has 42 heavy (non-hydrogen) atoms. The molecule has 3 N–H and O–H groups in total. The van der Waals surface area contributed by atoms with E-state index in [1.807, 2.05) is 60.6 Å². The predicted octanol–water partition coefficient (Wildman–Crippen LogP) is 9.32. The fourth-order valence-corrected chi connectivity index (χ4v) is 3.79. The lowest BCUT2D eigenvalue weighted by molar-refractivity contribution is 0.0685. The van der Waals surface area contributed by atoms with Crippen LogP contribution >= 0.6 is 0 Å². The SMILES string of the molecule is CC.CC(C)(C)c1cc(C(=O)O)cc(C(C)(C)C)c1.Cc1cc(C)c(C(=O)O)cc1C.Cc1cccc(C(=O)O)c1C. The van der Waals surface area contributed by atoms with E-state index in [0.29, 0.717) is 16.7 Å². The number of hydrogen-bond acceptors (Lipinski definition) is 3. The fraction of sp³-hybridized carbons (Fsp3) is 0.417. The number of benzene rings is 3. The van der Waals surface area contributed by atoms with Gasteiger partial charge in [-0.2, -0.15) is 0 Å². The van der Waals surface area contributed by atoms with Gasteiger partial charge >= 0.3 is 17.9 Å². The number of rotatable bonds is 3. The van der Waals surface area contributed by atoms with Crippen molar-refractivity contribution in [3.63, 3.8) is 0 Å². The maximum absolute atomic E-state index is 11.2. The van der Waals surface area contributed by atoms with Crippen LogP contribution in [0.2, 0.25) is 0 Å². The van der Waals surface area contributed by atoms with Crippen LogP contribution in [0.3, 0.4) is 0 Å². The molecule has 0 fully saturated rings. The summed E-state index contributed by atoms with van der Waals surface area (Å²) in [5, 5.41) is 26.6. The summed E-state index contributed by atoms with van der Waals surface area (Å²) < 4.78 is 0. The van der Waals surface area contributed by atoms with Gasteiger partial charge < -0.3 is 15.3 Å².